The molecule has 170 valence electrons. The molecule has 0 spiro atoms. The lowest BCUT2D eigenvalue weighted by Gasteiger charge is -2.36. The molecule has 2 heterocycles. The van der Waals surface area contributed by atoms with E-state index in [9.17, 15) is 13.2 Å². The van der Waals surface area contributed by atoms with E-state index in [0.29, 0.717) is 12.1 Å². The molecule has 0 bridgehead atoms. The largest absolute Gasteiger partial charge is 0.411 e. The maximum atomic E-state index is 12.2. The quantitative estimate of drug-likeness (QED) is 0.339. The van der Waals surface area contributed by atoms with Crippen LogP contribution in [-0.4, -0.2) is 66.8 Å². The number of nitrogens with zero attached hydrogens (tertiary/aromatic N) is 5. The van der Waals surface area contributed by atoms with E-state index in [2.05, 4.69) is 30.1 Å². The minimum atomic E-state index is -4.32. The van der Waals surface area contributed by atoms with Gasteiger partial charge in [0.2, 0.25) is 5.95 Å². The second-order valence-electron chi connectivity index (χ2n) is 6.85. The van der Waals surface area contributed by atoms with Gasteiger partial charge in [-0.15, -0.1) is 24.0 Å². The van der Waals surface area contributed by atoms with Gasteiger partial charge in [-0.25, -0.2) is 9.97 Å². The van der Waals surface area contributed by atoms with E-state index in [1.165, 1.54) is 0 Å². The molecule has 1 aromatic carbocycles. The van der Waals surface area contributed by atoms with Crippen LogP contribution >= 0.6 is 24.0 Å². The summed E-state index contributed by atoms with van der Waals surface area (Å²) in [5, 5.41) is 3.32. The minimum absolute atomic E-state index is 0. The molecule has 2 aromatic rings. The fraction of sp³-hybridized carbons (Fsp3) is 0.450. The summed E-state index contributed by atoms with van der Waals surface area (Å²) >= 11 is 0. The fourth-order valence-electron chi connectivity index (χ4n) is 3.20. The van der Waals surface area contributed by atoms with Crippen LogP contribution in [0.25, 0.3) is 0 Å². The Hall–Kier alpha value is -2.15. The lowest BCUT2D eigenvalue weighted by Crippen LogP contribution is -2.52. The van der Waals surface area contributed by atoms with Gasteiger partial charge in [0.15, 0.2) is 5.96 Å². The Labute approximate surface area is 196 Å². The molecule has 0 unspecified atom stereocenters. The zero-order valence-electron chi connectivity index (χ0n) is 17.2. The van der Waals surface area contributed by atoms with Crippen molar-refractivity contribution in [2.45, 2.75) is 19.3 Å². The van der Waals surface area contributed by atoms with E-state index in [1.807, 2.05) is 18.2 Å². The number of guanidine groups is 1. The Morgan fingerprint density at radius 1 is 1.10 bits per heavy atom. The van der Waals surface area contributed by atoms with Crippen molar-refractivity contribution in [1.29, 1.82) is 0 Å². The van der Waals surface area contributed by atoms with Crippen LogP contribution < -0.4 is 10.2 Å². The average molecular weight is 550 g/mol. The number of aliphatic imine (C=N–C) groups is 1. The first-order chi connectivity index (χ1) is 14.4. The van der Waals surface area contributed by atoms with Gasteiger partial charge in [0.05, 0.1) is 6.61 Å². The van der Waals surface area contributed by atoms with E-state index in [4.69, 9.17) is 4.74 Å². The smallest absolute Gasteiger partial charge is 0.367 e. The standard InChI is InChI=1S/C20H25F3N6O.HI/c1-24-18(28-8-10-29(11-9-28)19-25-6-3-7-26-19)27-13-16-4-2-5-17(12-16)14-30-15-20(21,22)23;/h2-7,12H,8-11,13-15H2,1H3,(H,24,27);1H. The zero-order valence-corrected chi connectivity index (χ0v) is 19.5. The molecule has 7 nitrogen and oxygen atoms in total. The molecule has 1 N–H and O–H groups in total. The van der Waals surface area contributed by atoms with Gasteiger partial charge < -0.3 is 19.9 Å². The number of benzene rings is 1. The second-order valence-corrected chi connectivity index (χ2v) is 6.85. The van der Waals surface area contributed by atoms with Crippen LogP contribution in [0.4, 0.5) is 19.1 Å². The molecule has 1 aliphatic heterocycles. The molecule has 0 aliphatic carbocycles. The van der Waals surface area contributed by atoms with Gasteiger partial charge in [0.1, 0.15) is 6.61 Å². The first-order valence-corrected chi connectivity index (χ1v) is 9.64. The molecule has 0 amide bonds. The van der Waals surface area contributed by atoms with Crippen LogP contribution in [0.3, 0.4) is 0 Å². The first-order valence-electron chi connectivity index (χ1n) is 9.64. The SMILES string of the molecule is CN=C(NCc1cccc(COCC(F)(F)F)c1)N1CCN(c2ncccn2)CC1.I. The second kappa shape index (κ2) is 12.0. The number of ether oxygens (including phenoxy) is 1. The van der Waals surface area contributed by atoms with Crippen LogP contribution in [0.2, 0.25) is 0 Å². The van der Waals surface area contributed by atoms with E-state index in [0.717, 1.165) is 43.7 Å². The Morgan fingerprint density at radius 3 is 2.42 bits per heavy atom. The van der Waals surface area contributed by atoms with Gasteiger partial charge in [-0.3, -0.25) is 4.99 Å². The highest BCUT2D eigenvalue weighted by atomic mass is 127. The number of rotatable bonds is 6. The number of hydrogen-bond donors (Lipinski definition) is 1. The van der Waals surface area contributed by atoms with Gasteiger partial charge in [0.25, 0.3) is 0 Å². The summed E-state index contributed by atoms with van der Waals surface area (Å²) < 4.78 is 41.4. The van der Waals surface area contributed by atoms with Crippen LogP contribution in [0.1, 0.15) is 11.1 Å². The molecule has 0 atom stereocenters. The number of anilines is 1. The number of halogens is 4. The maximum Gasteiger partial charge on any atom is 0.411 e. The van der Waals surface area contributed by atoms with Gasteiger partial charge in [-0.05, 0) is 17.2 Å². The molecule has 1 fully saturated rings. The van der Waals surface area contributed by atoms with Crippen LogP contribution in [0, 0.1) is 0 Å². The fourth-order valence-corrected chi connectivity index (χ4v) is 3.20. The molecule has 1 aromatic heterocycles. The van der Waals surface area contributed by atoms with E-state index >= 15 is 0 Å². The lowest BCUT2D eigenvalue weighted by atomic mass is 10.1. The summed E-state index contributed by atoms with van der Waals surface area (Å²) in [6.07, 6.45) is -0.850. The summed E-state index contributed by atoms with van der Waals surface area (Å²) in [5.74, 6) is 1.51. The molecule has 31 heavy (non-hydrogen) atoms. The normalized spacial score (nSPS) is 14.9. The van der Waals surface area contributed by atoms with E-state index in [-0.39, 0.29) is 30.6 Å². The van der Waals surface area contributed by atoms with Crippen LogP contribution in [0.5, 0.6) is 0 Å². The molecule has 3 rings (SSSR count). The van der Waals surface area contributed by atoms with Crippen molar-refractivity contribution in [2.75, 3.05) is 44.7 Å². The molecular weight excluding hydrogens is 524 g/mol. The Kier molecular flexibility index (Phi) is 9.75. The highest BCUT2D eigenvalue weighted by Crippen LogP contribution is 2.16. The molecule has 1 aliphatic rings. The number of aromatic nitrogens is 2. The monoisotopic (exact) mass is 550 g/mol. The van der Waals surface area contributed by atoms with Crippen molar-refractivity contribution in [1.82, 2.24) is 20.2 Å². The van der Waals surface area contributed by atoms with E-state index in [1.54, 1.807) is 31.6 Å². The molecule has 0 radical (unpaired) electrons. The highest BCUT2D eigenvalue weighted by Gasteiger charge is 2.27. The molecule has 1 saturated heterocycles. The number of piperazine rings is 1. The van der Waals surface area contributed by atoms with Crippen molar-refractivity contribution in [3.63, 3.8) is 0 Å². The van der Waals surface area contributed by atoms with Crippen LogP contribution in [0.15, 0.2) is 47.7 Å². The number of hydrogen-bond acceptors (Lipinski definition) is 5. The van der Waals surface area contributed by atoms with Gasteiger partial charge in [-0.2, -0.15) is 13.2 Å². The minimum Gasteiger partial charge on any atom is -0.367 e. The highest BCUT2D eigenvalue weighted by molar-refractivity contribution is 14.0. The summed E-state index contributed by atoms with van der Waals surface area (Å²) in [6.45, 7) is 2.33. The molecule has 11 heteroatoms. The third kappa shape index (κ3) is 8.13. The average Bonchev–Trinajstić information content (AvgIpc) is 2.75. The summed E-state index contributed by atoms with van der Waals surface area (Å²) in [5.41, 5.74) is 1.64. The van der Waals surface area contributed by atoms with Gasteiger partial charge >= 0.3 is 6.18 Å². The van der Waals surface area contributed by atoms with Crippen molar-refractivity contribution < 1.29 is 17.9 Å². The summed E-state index contributed by atoms with van der Waals surface area (Å²) in [6, 6.07) is 9.10. The predicted molar refractivity (Wildman–Crippen MR) is 124 cm³/mol. The maximum absolute atomic E-state index is 12.2. The topological polar surface area (TPSA) is 65.9 Å². The number of alkyl halides is 3. The van der Waals surface area contributed by atoms with Crippen molar-refractivity contribution in [2.24, 2.45) is 4.99 Å². The zero-order chi connectivity index (χ0) is 21.4. The summed E-state index contributed by atoms with van der Waals surface area (Å²) in [7, 11) is 1.73. The van der Waals surface area contributed by atoms with Gasteiger partial charge in [-0.1, -0.05) is 24.3 Å². The van der Waals surface area contributed by atoms with Gasteiger partial charge in [0, 0.05) is 52.2 Å². The molecular formula is C20H26F3IN6O. The third-order valence-electron chi connectivity index (χ3n) is 4.60. The Balaban J connectivity index is 0.00000341. The van der Waals surface area contributed by atoms with Crippen molar-refractivity contribution in [3.05, 3.63) is 53.9 Å². The summed E-state index contributed by atoms with van der Waals surface area (Å²) in [4.78, 5) is 17.2. The third-order valence-corrected chi connectivity index (χ3v) is 4.60. The molecule has 0 saturated carbocycles. The van der Waals surface area contributed by atoms with Crippen molar-refractivity contribution in [3.8, 4) is 0 Å². The predicted octanol–water partition coefficient (Wildman–Crippen LogP) is 3.07. The Morgan fingerprint density at radius 2 is 1.77 bits per heavy atom. The Bertz CT molecular complexity index is 829. The number of nitrogens with one attached hydrogen (secondary N) is 1. The van der Waals surface area contributed by atoms with Crippen molar-refractivity contribution >= 4 is 35.9 Å². The van der Waals surface area contributed by atoms with E-state index < -0.39 is 12.8 Å². The lowest BCUT2D eigenvalue weighted by molar-refractivity contribution is -0.176. The van der Waals surface area contributed by atoms with Crippen LogP contribution in [-0.2, 0) is 17.9 Å². The first kappa shape index (κ1) is 25.1.